The molecule has 1 heterocycles. The number of nitriles is 1. The SMILES string of the molecule is CCOc1c(Br)cc(Br)cc1/C=C(\C#N)c1ccccn1. The quantitative estimate of drug-likeness (QED) is 0.664. The van der Waals surface area contributed by atoms with Gasteiger partial charge in [-0.15, -0.1) is 0 Å². The van der Waals surface area contributed by atoms with E-state index in [1.165, 1.54) is 0 Å². The molecule has 0 bridgehead atoms. The van der Waals surface area contributed by atoms with Crippen molar-refractivity contribution >= 4 is 43.5 Å². The maximum absolute atomic E-state index is 9.38. The van der Waals surface area contributed by atoms with E-state index in [2.05, 4.69) is 42.9 Å². The largest absolute Gasteiger partial charge is 0.492 e. The fraction of sp³-hybridized carbons (Fsp3) is 0.125. The predicted molar refractivity (Wildman–Crippen MR) is 90.7 cm³/mol. The number of nitrogens with zero attached hydrogens (tertiary/aromatic N) is 2. The highest BCUT2D eigenvalue weighted by Crippen LogP contribution is 2.35. The summed E-state index contributed by atoms with van der Waals surface area (Å²) >= 11 is 6.94. The maximum Gasteiger partial charge on any atom is 0.140 e. The van der Waals surface area contributed by atoms with Crippen LogP contribution in [0.4, 0.5) is 0 Å². The van der Waals surface area contributed by atoms with E-state index in [-0.39, 0.29) is 0 Å². The first-order valence-electron chi connectivity index (χ1n) is 6.30. The number of hydrogen-bond donors (Lipinski definition) is 0. The second-order valence-corrected chi connectivity index (χ2v) is 5.89. The number of aromatic nitrogens is 1. The summed E-state index contributed by atoms with van der Waals surface area (Å²) in [5.74, 6) is 0.712. The fourth-order valence-corrected chi connectivity index (χ4v) is 3.20. The summed E-state index contributed by atoms with van der Waals surface area (Å²) in [5.41, 5.74) is 1.94. The predicted octanol–water partition coefficient (Wildman–Crippen LogP) is 5.07. The molecule has 1 aromatic carbocycles. The number of pyridine rings is 1. The van der Waals surface area contributed by atoms with E-state index in [0.29, 0.717) is 23.6 Å². The molecule has 0 aliphatic rings. The van der Waals surface area contributed by atoms with Crippen molar-refractivity contribution < 1.29 is 4.74 Å². The Hall–Kier alpha value is -1.64. The topological polar surface area (TPSA) is 45.9 Å². The molecule has 2 rings (SSSR count). The normalized spacial score (nSPS) is 11.0. The van der Waals surface area contributed by atoms with Crippen molar-refractivity contribution in [3.63, 3.8) is 0 Å². The molecule has 0 spiro atoms. The van der Waals surface area contributed by atoms with Crippen LogP contribution in [0.15, 0.2) is 45.5 Å². The van der Waals surface area contributed by atoms with Gasteiger partial charge < -0.3 is 4.74 Å². The van der Waals surface area contributed by atoms with Gasteiger partial charge in [0.1, 0.15) is 11.8 Å². The van der Waals surface area contributed by atoms with Gasteiger partial charge in [-0.25, -0.2) is 0 Å². The maximum atomic E-state index is 9.38. The van der Waals surface area contributed by atoms with E-state index in [0.717, 1.165) is 14.5 Å². The smallest absolute Gasteiger partial charge is 0.140 e. The Morgan fingerprint density at radius 2 is 2.19 bits per heavy atom. The monoisotopic (exact) mass is 406 g/mol. The van der Waals surface area contributed by atoms with Crippen LogP contribution in [0.3, 0.4) is 0 Å². The number of allylic oxidation sites excluding steroid dienone is 1. The highest BCUT2D eigenvalue weighted by atomic mass is 79.9. The van der Waals surface area contributed by atoms with Crippen LogP contribution < -0.4 is 4.74 Å². The van der Waals surface area contributed by atoms with E-state index in [4.69, 9.17) is 4.74 Å². The molecule has 0 unspecified atom stereocenters. The van der Waals surface area contributed by atoms with E-state index in [1.807, 2.05) is 37.3 Å². The van der Waals surface area contributed by atoms with Gasteiger partial charge in [0.2, 0.25) is 0 Å². The molecular formula is C16H12Br2N2O. The standard InChI is InChI=1S/C16H12Br2N2O/c1-2-21-16-11(8-13(17)9-14(16)18)7-12(10-19)15-5-3-4-6-20-15/h3-9H,2H2,1H3/b12-7+. The van der Waals surface area contributed by atoms with Crippen LogP contribution in [0, 0.1) is 11.3 Å². The summed E-state index contributed by atoms with van der Waals surface area (Å²) < 4.78 is 7.40. The van der Waals surface area contributed by atoms with Crippen molar-refractivity contribution in [2.24, 2.45) is 0 Å². The number of rotatable bonds is 4. The van der Waals surface area contributed by atoms with Crippen LogP contribution in [0.25, 0.3) is 11.6 Å². The minimum absolute atomic E-state index is 0.488. The van der Waals surface area contributed by atoms with Gasteiger partial charge in [0.05, 0.1) is 22.3 Å². The van der Waals surface area contributed by atoms with Crippen molar-refractivity contribution in [3.05, 3.63) is 56.7 Å². The molecule has 2 aromatic rings. The highest BCUT2D eigenvalue weighted by molar-refractivity contribution is 9.11. The first kappa shape index (κ1) is 15.7. The third kappa shape index (κ3) is 3.93. The number of benzene rings is 1. The van der Waals surface area contributed by atoms with Crippen molar-refractivity contribution in [2.75, 3.05) is 6.61 Å². The molecule has 0 fully saturated rings. The van der Waals surface area contributed by atoms with Gasteiger partial charge in [0, 0.05) is 16.2 Å². The Labute approximate surface area is 140 Å². The van der Waals surface area contributed by atoms with Crippen LogP contribution in [0.5, 0.6) is 5.75 Å². The van der Waals surface area contributed by atoms with Crippen LogP contribution in [-0.2, 0) is 0 Å². The van der Waals surface area contributed by atoms with E-state index in [9.17, 15) is 5.26 Å². The summed E-state index contributed by atoms with van der Waals surface area (Å²) in [6.07, 6.45) is 3.45. The zero-order chi connectivity index (χ0) is 15.2. The van der Waals surface area contributed by atoms with Crippen molar-refractivity contribution in [1.29, 1.82) is 5.26 Å². The minimum atomic E-state index is 0.488. The molecule has 0 aliphatic carbocycles. The van der Waals surface area contributed by atoms with Gasteiger partial charge in [-0.05, 0) is 53.2 Å². The summed E-state index contributed by atoms with van der Waals surface area (Å²) in [4.78, 5) is 4.21. The molecule has 5 heteroatoms. The number of ether oxygens (including phenoxy) is 1. The average molecular weight is 408 g/mol. The molecule has 3 nitrogen and oxygen atoms in total. The van der Waals surface area contributed by atoms with Gasteiger partial charge in [-0.1, -0.05) is 22.0 Å². The summed E-state index contributed by atoms with van der Waals surface area (Å²) in [5, 5.41) is 9.38. The Bertz CT molecular complexity index is 706. The van der Waals surface area contributed by atoms with Crippen LogP contribution >= 0.6 is 31.9 Å². The van der Waals surface area contributed by atoms with Gasteiger partial charge in [0.15, 0.2) is 0 Å². The van der Waals surface area contributed by atoms with Crippen LogP contribution in [0.1, 0.15) is 18.2 Å². The molecule has 0 atom stereocenters. The lowest BCUT2D eigenvalue weighted by atomic mass is 10.1. The van der Waals surface area contributed by atoms with Gasteiger partial charge in [-0.3, -0.25) is 4.98 Å². The lowest BCUT2D eigenvalue weighted by molar-refractivity contribution is 0.337. The van der Waals surface area contributed by atoms with Crippen LogP contribution in [0.2, 0.25) is 0 Å². The van der Waals surface area contributed by atoms with E-state index in [1.54, 1.807) is 12.3 Å². The summed E-state index contributed by atoms with van der Waals surface area (Å²) in [6.45, 7) is 2.47. The molecule has 1 aromatic heterocycles. The molecule has 21 heavy (non-hydrogen) atoms. The molecule has 0 saturated carbocycles. The zero-order valence-corrected chi connectivity index (χ0v) is 14.5. The first-order valence-corrected chi connectivity index (χ1v) is 7.89. The molecule has 0 N–H and O–H groups in total. The Morgan fingerprint density at radius 3 is 2.81 bits per heavy atom. The van der Waals surface area contributed by atoms with Crippen molar-refractivity contribution in [3.8, 4) is 11.8 Å². The molecule has 0 radical (unpaired) electrons. The van der Waals surface area contributed by atoms with Crippen molar-refractivity contribution in [2.45, 2.75) is 6.92 Å². The lowest BCUT2D eigenvalue weighted by Crippen LogP contribution is -1.96. The molecule has 0 aliphatic heterocycles. The molecule has 0 amide bonds. The fourth-order valence-electron chi connectivity index (χ4n) is 1.83. The highest BCUT2D eigenvalue weighted by Gasteiger charge is 2.10. The Kier molecular flexibility index (Phi) is 5.54. The molecule has 106 valence electrons. The second-order valence-electron chi connectivity index (χ2n) is 4.12. The average Bonchev–Trinajstić information content (AvgIpc) is 2.49. The van der Waals surface area contributed by atoms with Gasteiger partial charge in [0.25, 0.3) is 0 Å². The molecule has 0 saturated heterocycles. The van der Waals surface area contributed by atoms with Gasteiger partial charge in [-0.2, -0.15) is 5.26 Å². The molecular weight excluding hydrogens is 396 g/mol. The van der Waals surface area contributed by atoms with Gasteiger partial charge >= 0.3 is 0 Å². The zero-order valence-electron chi connectivity index (χ0n) is 11.3. The third-order valence-corrected chi connectivity index (χ3v) is 3.73. The third-order valence-electron chi connectivity index (χ3n) is 2.69. The Balaban J connectivity index is 2.55. The summed E-state index contributed by atoms with van der Waals surface area (Å²) in [7, 11) is 0. The Morgan fingerprint density at radius 1 is 1.38 bits per heavy atom. The first-order chi connectivity index (χ1) is 10.2. The minimum Gasteiger partial charge on any atom is -0.492 e. The number of halogens is 2. The summed E-state index contributed by atoms with van der Waals surface area (Å²) in [6, 6.07) is 11.5. The second kappa shape index (κ2) is 7.39. The lowest BCUT2D eigenvalue weighted by Gasteiger charge is -2.11. The van der Waals surface area contributed by atoms with E-state index < -0.39 is 0 Å². The number of hydrogen-bond acceptors (Lipinski definition) is 3. The van der Waals surface area contributed by atoms with Crippen molar-refractivity contribution in [1.82, 2.24) is 4.98 Å². The van der Waals surface area contributed by atoms with E-state index >= 15 is 0 Å². The van der Waals surface area contributed by atoms with Crippen LogP contribution in [-0.4, -0.2) is 11.6 Å².